The number of ether oxygens (including phenoxy) is 1. The van der Waals surface area contributed by atoms with Gasteiger partial charge in [0.05, 0.1) is 18.3 Å². The van der Waals surface area contributed by atoms with Crippen molar-refractivity contribution >= 4 is 11.9 Å². The van der Waals surface area contributed by atoms with Gasteiger partial charge in [-0.15, -0.1) is 0 Å². The maximum absolute atomic E-state index is 11.5. The normalized spacial score (nSPS) is 29.1. The van der Waals surface area contributed by atoms with Crippen molar-refractivity contribution in [1.82, 2.24) is 0 Å². The van der Waals surface area contributed by atoms with E-state index < -0.39 is 11.9 Å². The fraction of sp³-hybridized carbons (Fsp3) is 0.636. The predicted octanol–water partition coefficient (Wildman–Crippen LogP) is 1.36. The summed E-state index contributed by atoms with van der Waals surface area (Å²) < 4.78 is 4.66. The maximum Gasteiger partial charge on any atom is 0.334 e. The number of methoxy groups -OCH3 is 1. The first kappa shape index (κ1) is 10.2. The molecule has 0 aliphatic heterocycles. The molecule has 1 fully saturated rings. The van der Waals surface area contributed by atoms with Crippen LogP contribution in [-0.4, -0.2) is 24.2 Å². The molecule has 1 N–H and O–H groups in total. The summed E-state index contributed by atoms with van der Waals surface area (Å²) in [5, 5.41) is 9.11. The lowest BCUT2D eigenvalue weighted by atomic mass is 9.67. The van der Waals surface area contributed by atoms with E-state index in [2.05, 4.69) is 4.74 Å². The van der Waals surface area contributed by atoms with E-state index in [0.29, 0.717) is 11.1 Å². The van der Waals surface area contributed by atoms with E-state index >= 15 is 0 Å². The van der Waals surface area contributed by atoms with Crippen LogP contribution in [0.5, 0.6) is 0 Å². The van der Waals surface area contributed by atoms with Gasteiger partial charge in [-0.2, -0.15) is 0 Å². The Morgan fingerprint density at radius 2 is 1.60 bits per heavy atom. The van der Waals surface area contributed by atoms with E-state index in [4.69, 9.17) is 5.11 Å². The molecule has 0 saturated heterocycles. The lowest BCUT2D eigenvalue weighted by molar-refractivity contribution is -0.140. The van der Waals surface area contributed by atoms with Gasteiger partial charge < -0.3 is 9.84 Å². The van der Waals surface area contributed by atoms with Crippen LogP contribution in [0.2, 0.25) is 0 Å². The Bertz CT molecular complexity index is 334. The summed E-state index contributed by atoms with van der Waals surface area (Å²) in [6.07, 6.45) is 3.64. The van der Waals surface area contributed by atoms with Crippen molar-refractivity contribution in [3.05, 3.63) is 11.1 Å². The number of carbonyl (C=O) groups is 2. The molecule has 0 unspecified atom stereocenters. The first-order valence-electron chi connectivity index (χ1n) is 5.20. The van der Waals surface area contributed by atoms with Gasteiger partial charge in [0.2, 0.25) is 0 Å². The summed E-state index contributed by atoms with van der Waals surface area (Å²) in [5.41, 5.74) is 0.733. The number of aliphatic carboxylic acids is 1. The second kappa shape index (κ2) is 3.68. The summed E-state index contributed by atoms with van der Waals surface area (Å²) >= 11 is 0. The Hall–Kier alpha value is -1.32. The number of hydrogen-bond acceptors (Lipinski definition) is 3. The summed E-state index contributed by atoms with van der Waals surface area (Å²) in [6, 6.07) is 0. The molecule has 0 aromatic rings. The molecule has 3 rings (SSSR count). The Morgan fingerprint density at radius 1 is 1.13 bits per heavy atom. The van der Waals surface area contributed by atoms with Crippen LogP contribution in [-0.2, 0) is 14.3 Å². The van der Waals surface area contributed by atoms with Gasteiger partial charge in [-0.1, -0.05) is 0 Å². The van der Waals surface area contributed by atoms with Crippen LogP contribution in [0.15, 0.2) is 11.1 Å². The third-order valence-corrected chi connectivity index (χ3v) is 3.47. The zero-order valence-electron chi connectivity index (χ0n) is 8.66. The summed E-state index contributed by atoms with van der Waals surface area (Å²) in [4.78, 5) is 22.6. The van der Waals surface area contributed by atoms with Crippen molar-refractivity contribution in [3.63, 3.8) is 0 Å². The van der Waals surface area contributed by atoms with Crippen LogP contribution < -0.4 is 0 Å². The Kier molecular flexibility index (Phi) is 2.50. The molecule has 4 nitrogen and oxygen atoms in total. The monoisotopic (exact) mass is 210 g/mol. The number of carbonyl (C=O) groups excluding carboxylic acids is 1. The van der Waals surface area contributed by atoms with E-state index in [1.165, 1.54) is 7.11 Å². The number of hydrogen-bond donors (Lipinski definition) is 1. The van der Waals surface area contributed by atoms with E-state index in [0.717, 1.165) is 25.7 Å². The SMILES string of the molecule is COC(=O)C1=C(C(=O)O)C2CCC1CC2. The van der Waals surface area contributed by atoms with Crippen LogP contribution in [0, 0.1) is 11.8 Å². The van der Waals surface area contributed by atoms with Crippen molar-refractivity contribution < 1.29 is 19.4 Å². The van der Waals surface area contributed by atoms with Gasteiger partial charge in [-0.05, 0) is 37.5 Å². The first-order valence-corrected chi connectivity index (χ1v) is 5.20. The number of carboxylic acids is 1. The molecule has 2 bridgehead atoms. The molecule has 3 aliphatic carbocycles. The Morgan fingerprint density at radius 3 is 2.00 bits per heavy atom. The molecule has 82 valence electrons. The van der Waals surface area contributed by atoms with E-state index in [1.54, 1.807) is 0 Å². The minimum atomic E-state index is -0.954. The molecule has 0 heterocycles. The Labute approximate surface area is 87.9 Å². The molecule has 0 spiro atoms. The summed E-state index contributed by atoms with van der Waals surface area (Å²) in [5.74, 6) is -1.25. The van der Waals surface area contributed by atoms with Crippen LogP contribution in [0.4, 0.5) is 0 Å². The molecule has 1 saturated carbocycles. The van der Waals surface area contributed by atoms with Crippen molar-refractivity contribution in [2.75, 3.05) is 7.11 Å². The number of fused-ring (bicyclic) bond motifs is 2. The molecule has 4 heteroatoms. The number of esters is 1. The van der Waals surface area contributed by atoms with Crippen LogP contribution in [0.1, 0.15) is 25.7 Å². The van der Waals surface area contributed by atoms with E-state index in [1.807, 2.05) is 0 Å². The zero-order chi connectivity index (χ0) is 11.0. The van der Waals surface area contributed by atoms with Crippen molar-refractivity contribution in [1.29, 1.82) is 0 Å². The molecule has 3 aliphatic rings. The fourth-order valence-corrected chi connectivity index (χ4v) is 2.79. The van der Waals surface area contributed by atoms with E-state index in [-0.39, 0.29) is 11.8 Å². The van der Waals surface area contributed by atoms with Gasteiger partial charge >= 0.3 is 11.9 Å². The highest BCUT2D eigenvalue weighted by atomic mass is 16.5. The minimum Gasteiger partial charge on any atom is -0.478 e. The quantitative estimate of drug-likeness (QED) is 0.699. The number of carboxylic acid groups (broad SMARTS) is 1. The smallest absolute Gasteiger partial charge is 0.334 e. The van der Waals surface area contributed by atoms with Gasteiger partial charge in [-0.25, -0.2) is 9.59 Å². The molecule has 0 atom stereocenters. The third kappa shape index (κ3) is 1.54. The van der Waals surface area contributed by atoms with Crippen LogP contribution in [0.25, 0.3) is 0 Å². The maximum atomic E-state index is 11.5. The average molecular weight is 210 g/mol. The van der Waals surface area contributed by atoms with Crippen molar-refractivity contribution in [2.24, 2.45) is 11.8 Å². The van der Waals surface area contributed by atoms with Crippen LogP contribution in [0.3, 0.4) is 0 Å². The van der Waals surface area contributed by atoms with Crippen LogP contribution >= 0.6 is 0 Å². The largest absolute Gasteiger partial charge is 0.478 e. The zero-order valence-corrected chi connectivity index (χ0v) is 8.66. The minimum absolute atomic E-state index is 0.0570. The third-order valence-electron chi connectivity index (χ3n) is 3.47. The molecule has 0 aromatic heterocycles. The number of rotatable bonds is 2. The lowest BCUT2D eigenvalue weighted by Gasteiger charge is -2.37. The van der Waals surface area contributed by atoms with Gasteiger partial charge in [-0.3, -0.25) is 0 Å². The Balaban J connectivity index is 2.46. The average Bonchev–Trinajstić information content (AvgIpc) is 2.28. The second-order valence-electron chi connectivity index (χ2n) is 4.17. The first-order chi connectivity index (χ1) is 7.15. The van der Waals surface area contributed by atoms with Gasteiger partial charge in [0.15, 0.2) is 0 Å². The standard InChI is InChI=1S/C11H14O4/c1-15-11(14)9-7-4-2-6(3-5-7)8(9)10(12)13/h6-7H,2-5H2,1H3,(H,12,13). The topological polar surface area (TPSA) is 63.6 Å². The molecular formula is C11H14O4. The van der Waals surface area contributed by atoms with Crippen molar-refractivity contribution in [2.45, 2.75) is 25.7 Å². The highest BCUT2D eigenvalue weighted by Gasteiger charge is 2.41. The molecule has 0 amide bonds. The second-order valence-corrected chi connectivity index (χ2v) is 4.17. The molecular weight excluding hydrogens is 196 g/mol. The fourth-order valence-electron chi connectivity index (χ4n) is 2.79. The van der Waals surface area contributed by atoms with Gasteiger partial charge in [0, 0.05) is 0 Å². The summed E-state index contributed by atoms with van der Waals surface area (Å²) in [6.45, 7) is 0. The molecule has 0 aromatic carbocycles. The van der Waals surface area contributed by atoms with Crippen molar-refractivity contribution in [3.8, 4) is 0 Å². The highest BCUT2D eigenvalue weighted by molar-refractivity contribution is 6.01. The van der Waals surface area contributed by atoms with E-state index in [9.17, 15) is 9.59 Å². The van der Waals surface area contributed by atoms with Gasteiger partial charge in [0.25, 0.3) is 0 Å². The highest BCUT2D eigenvalue weighted by Crippen LogP contribution is 2.45. The summed E-state index contributed by atoms with van der Waals surface area (Å²) in [7, 11) is 1.30. The molecule has 15 heavy (non-hydrogen) atoms. The molecule has 0 radical (unpaired) electrons. The lowest BCUT2D eigenvalue weighted by Crippen LogP contribution is -2.33. The van der Waals surface area contributed by atoms with Gasteiger partial charge in [0.1, 0.15) is 0 Å². The predicted molar refractivity (Wildman–Crippen MR) is 52.1 cm³/mol.